The number of carbonyl (C=O) groups is 1. The van der Waals surface area contributed by atoms with Gasteiger partial charge in [-0.1, -0.05) is 42.5 Å². The fourth-order valence-electron chi connectivity index (χ4n) is 4.88. The van der Waals surface area contributed by atoms with Gasteiger partial charge in [0.15, 0.2) is 0 Å². The Hall–Kier alpha value is -2.92. The Kier molecular flexibility index (Phi) is 4.90. The van der Waals surface area contributed by atoms with E-state index in [1.54, 1.807) is 6.20 Å². The first-order valence-corrected chi connectivity index (χ1v) is 10.4. The Morgan fingerprint density at radius 3 is 2.72 bits per heavy atom. The molecule has 0 aliphatic carbocycles. The van der Waals surface area contributed by atoms with Gasteiger partial charge in [0, 0.05) is 23.7 Å². The van der Waals surface area contributed by atoms with Gasteiger partial charge >= 0.3 is 6.09 Å². The molecule has 5 heteroatoms. The molecule has 6 rings (SSSR count). The zero-order valence-corrected chi connectivity index (χ0v) is 16.3. The molecular formula is C24H25N3O2. The lowest BCUT2D eigenvalue weighted by atomic mass is 9.78. The van der Waals surface area contributed by atoms with E-state index in [9.17, 15) is 4.79 Å². The van der Waals surface area contributed by atoms with E-state index >= 15 is 0 Å². The topological polar surface area (TPSA) is 54.5 Å². The van der Waals surface area contributed by atoms with Gasteiger partial charge in [-0.05, 0) is 55.4 Å². The molecule has 4 heterocycles. The van der Waals surface area contributed by atoms with Crippen molar-refractivity contribution in [2.75, 3.05) is 18.4 Å². The summed E-state index contributed by atoms with van der Waals surface area (Å²) in [5.41, 5.74) is 1.98. The quantitative estimate of drug-likeness (QED) is 0.717. The first-order valence-electron chi connectivity index (χ1n) is 10.4. The molecule has 3 fully saturated rings. The number of hydrogen-bond acceptors (Lipinski definition) is 4. The van der Waals surface area contributed by atoms with Crippen molar-refractivity contribution < 1.29 is 9.53 Å². The second-order valence-corrected chi connectivity index (χ2v) is 8.03. The van der Waals surface area contributed by atoms with E-state index in [2.05, 4.69) is 21.3 Å². The van der Waals surface area contributed by atoms with Crippen LogP contribution in [0.25, 0.3) is 10.8 Å². The van der Waals surface area contributed by atoms with Crippen molar-refractivity contribution in [2.45, 2.75) is 31.4 Å². The maximum absolute atomic E-state index is 12.8. The van der Waals surface area contributed by atoms with Gasteiger partial charge in [0.1, 0.15) is 6.10 Å². The largest absolute Gasteiger partial charge is 0.444 e. The highest BCUT2D eigenvalue weighted by atomic mass is 16.6. The Morgan fingerprint density at radius 2 is 1.90 bits per heavy atom. The fourth-order valence-corrected chi connectivity index (χ4v) is 4.88. The van der Waals surface area contributed by atoms with Crippen LogP contribution in [0.3, 0.4) is 0 Å². The lowest BCUT2D eigenvalue weighted by molar-refractivity contribution is -0.0741. The van der Waals surface area contributed by atoms with Crippen molar-refractivity contribution in [2.24, 2.45) is 5.92 Å². The lowest BCUT2D eigenvalue weighted by Gasteiger charge is -2.50. The van der Waals surface area contributed by atoms with Crippen molar-refractivity contribution in [3.05, 3.63) is 72.6 Å². The van der Waals surface area contributed by atoms with Crippen LogP contribution >= 0.6 is 0 Å². The zero-order chi connectivity index (χ0) is 19.6. The number of aromatic nitrogens is 1. The number of benzene rings is 2. The van der Waals surface area contributed by atoms with Gasteiger partial charge in [-0.2, -0.15) is 0 Å². The number of amides is 1. The molecule has 1 N–H and O–H groups in total. The van der Waals surface area contributed by atoms with E-state index < -0.39 is 0 Å². The van der Waals surface area contributed by atoms with Crippen molar-refractivity contribution >= 4 is 22.6 Å². The Bertz CT molecular complexity index is 994. The minimum Gasteiger partial charge on any atom is -0.444 e. The van der Waals surface area contributed by atoms with Gasteiger partial charge in [-0.25, -0.2) is 4.79 Å². The number of pyridine rings is 1. The minimum atomic E-state index is -0.365. The van der Waals surface area contributed by atoms with Crippen LogP contribution in [0.4, 0.5) is 10.5 Å². The van der Waals surface area contributed by atoms with Crippen LogP contribution in [0, 0.1) is 5.92 Å². The molecule has 1 amide bonds. The monoisotopic (exact) mass is 387 g/mol. The van der Waals surface area contributed by atoms with Crippen molar-refractivity contribution in [3.63, 3.8) is 0 Å². The van der Waals surface area contributed by atoms with Crippen molar-refractivity contribution in [1.82, 2.24) is 9.88 Å². The molecular weight excluding hydrogens is 362 g/mol. The van der Waals surface area contributed by atoms with Gasteiger partial charge in [0.25, 0.3) is 0 Å². The molecule has 0 saturated carbocycles. The number of ether oxygens (including phenoxy) is 1. The summed E-state index contributed by atoms with van der Waals surface area (Å²) in [6, 6.07) is 18.3. The minimum absolute atomic E-state index is 0.0901. The molecule has 3 aliphatic rings. The highest BCUT2D eigenvalue weighted by molar-refractivity contribution is 6.00. The average molecular weight is 387 g/mol. The number of nitrogens with one attached hydrogen (secondary N) is 1. The number of piperidine rings is 3. The smallest absolute Gasteiger partial charge is 0.411 e. The third-order valence-corrected chi connectivity index (χ3v) is 6.32. The molecule has 0 spiro atoms. The molecule has 5 nitrogen and oxygen atoms in total. The predicted molar refractivity (Wildman–Crippen MR) is 114 cm³/mol. The van der Waals surface area contributed by atoms with Gasteiger partial charge in [0.2, 0.25) is 0 Å². The number of nitrogens with zero attached hydrogens (tertiary/aromatic N) is 2. The summed E-state index contributed by atoms with van der Waals surface area (Å²) in [5, 5.41) is 5.10. The molecule has 3 aliphatic heterocycles. The maximum atomic E-state index is 12.8. The molecule has 3 saturated heterocycles. The SMILES string of the molecule is O=C(Nc1cccc2ccccc12)OC1C2CCN(CC2)C1Cc1cccnc1. The van der Waals surface area contributed by atoms with E-state index in [4.69, 9.17) is 4.74 Å². The number of anilines is 1. The number of fused-ring (bicyclic) bond motifs is 4. The molecule has 2 atom stereocenters. The zero-order valence-electron chi connectivity index (χ0n) is 16.3. The van der Waals surface area contributed by atoms with Crippen LogP contribution < -0.4 is 5.32 Å². The highest BCUT2D eigenvalue weighted by Gasteiger charge is 2.44. The molecule has 29 heavy (non-hydrogen) atoms. The van der Waals surface area contributed by atoms with E-state index in [0.29, 0.717) is 5.92 Å². The second kappa shape index (κ2) is 7.84. The Balaban J connectivity index is 1.34. The van der Waals surface area contributed by atoms with E-state index in [1.165, 1.54) is 5.56 Å². The summed E-state index contributed by atoms with van der Waals surface area (Å²) in [5.74, 6) is 0.430. The van der Waals surface area contributed by atoms with Crippen molar-refractivity contribution in [1.29, 1.82) is 0 Å². The first-order chi connectivity index (χ1) is 14.3. The number of carbonyl (C=O) groups excluding carboxylic acids is 1. The summed E-state index contributed by atoms with van der Waals surface area (Å²) >= 11 is 0. The molecule has 148 valence electrons. The summed E-state index contributed by atoms with van der Waals surface area (Å²) in [6.07, 6.45) is 6.30. The fraction of sp³-hybridized carbons (Fsp3) is 0.333. The molecule has 0 radical (unpaired) electrons. The predicted octanol–water partition coefficient (Wildman–Crippen LogP) is 4.49. The van der Waals surface area contributed by atoms with Gasteiger partial charge < -0.3 is 4.74 Å². The standard InChI is InChI=1S/C24H25N3O2/c28-24(26-21-9-3-7-18-6-1-2-8-20(18)21)29-23-19-10-13-27(14-11-19)22(23)15-17-5-4-12-25-16-17/h1-9,12,16,19,22-23H,10-11,13-15H2,(H,26,28). The van der Waals surface area contributed by atoms with Crippen LogP contribution in [-0.2, 0) is 11.2 Å². The van der Waals surface area contributed by atoms with Crippen LogP contribution in [0.5, 0.6) is 0 Å². The molecule has 2 aromatic carbocycles. The van der Waals surface area contributed by atoms with E-state index in [1.807, 2.05) is 54.7 Å². The third kappa shape index (κ3) is 3.70. The molecule has 3 aromatic rings. The summed E-state index contributed by atoms with van der Waals surface area (Å²) < 4.78 is 6.05. The summed E-state index contributed by atoms with van der Waals surface area (Å²) in [7, 11) is 0. The lowest BCUT2D eigenvalue weighted by Crippen LogP contribution is -2.60. The van der Waals surface area contributed by atoms with Crippen LogP contribution in [0.15, 0.2) is 67.0 Å². The van der Waals surface area contributed by atoms with Gasteiger partial charge in [0.05, 0.1) is 11.7 Å². The Morgan fingerprint density at radius 1 is 1.07 bits per heavy atom. The van der Waals surface area contributed by atoms with Crippen molar-refractivity contribution in [3.8, 4) is 0 Å². The van der Waals surface area contributed by atoms with Crippen LogP contribution in [0.1, 0.15) is 18.4 Å². The summed E-state index contributed by atoms with van der Waals surface area (Å²) in [4.78, 5) is 19.6. The summed E-state index contributed by atoms with van der Waals surface area (Å²) in [6.45, 7) is 2.17. The molecule has 2 unspecified atom stereocenters. The maximum Gasteiger partial charge on any atom is 0.411 e. The highest BCUT2D eigenvalue weighted by Crippen LogP contribution is 2.36. The van der Waals surface area contributed by atoms with E-state index in [0.717, 1.165) is 48.8 Å². The van der Waals surface area contributed by atoms with Gasteiger partial charge in [-0.15, -0.1) is 0 Å². The Labute approximate surface area is 170 Å². The van der Waals surface area contributed by atoms with Gasteiger partial charge in [-0.3, -0.25) is 15.2 Å². The second-order valence-electron chi connectivity index (χ2n) is 8.03. The molecule has 2 bridgehead atoms. The first kappa shape index (κ1) is 18.1. The van der Waals surface area contributed by atoms with Crippen LogP contribution in [-0.4, -0.2) is 41.2 Å². The number of hydrogen-bond donors (Lipinski definition) is 1. The van der Waals surface area contributed by atoms with E-state index in [-0.39, 0.29) is 18.2 Å². The molecule has 1 aromatic heterocycles. The number of rotatable bonds is 4. The van der Waals surface area contributed by atoms with Crippen LogP contribution in [0.2, 0.25) is 0 Å². The third-order valence-electron chi connectivity index (χ3n) is 6.32. The normalized spacial score (nSPS) is 25.7. The average Bonchev–Trinajstić information content (AvgIpc) is 2.77.